The lowest BCUT2D eigenvalue weighted by Gasteiger charge is -2.07. The number of Topliss-reactive ketones (excluding diaryl/α,β-unsaturated/α-hetero) is 1. The van der Waals surface area contributed by atoms with Crippen LogP contribution in [0.1, 0.15) is 26.7 Å². The van der Waals surface area contributed by atoms with E-state index in [0.29, 0.717) is 5.92 Å². The molecule has 0 aliphatic carbocycles. The fourth-order valence-corrected chi connectivity index (χ4v) is 1.13. The van der Waals surface area contributed by atoms with Crippen LogP contribution in [0.2, 0.25) is 0 Å². The number of rotatable bonds is 6. The van der Waals surface area contributed by atoms with Gasteiger partial charge < -0.3 is 0 Å². The van der Waals surface area contributed by atoms with Crippen molar-refractivity contribution in [3.63, 3.8) is 0 Å². The van der Waals surface area contributed by atoms with Gasteiger partial charge in [-0.25, -0.2) is 0 Å². The Bertz CT molecular complexity index is 213. The first kappa shape index (κ1) is 11.9. The van der Waals surface area contributed by atoms with Gasteiger partial charge in [0.25, 0.3) is 0 Å². The van der Waals surface area contributed by atoms with Crippen molar-refractivity contribution in [1.82, 2.24) is 0 Å². The van der Waals surface area contributed by atoms with E-state index >= 15 is 0 Å². The van der Waals surface area contributed by atoms with Crippen LogP contribution in [-0.2, 0) is 4.79 Å². The highest BCUT2D eigenvalue weighted by atomic mass is 16.1. The Labute approximate surface area is 80.8 Å². The maximum Gasteiger partial charge on any atom is 0.155 e. The van der Waals surface area contributed by atoms with E-state index in [1.165, 1.54) is 0 Å². The van der Waals surface area contributed by atoms with Crippen LogP contribution in [0, 0.1) is 5.92 Å². The number of allylic oxidation sites excluding steroid dienone is 4. The zero-order valence-corrected chi connectivity index (χ0v) is 8.55. The maximum atomic E-state index is 11.0. The molecule has 0 atom stereocenters. The van der Waals surface area contributed by atoms with Crippen LogP contribution in [0.25, 0.3) is 0 Å². The lowest BCUT2D eigenvalue weighted by molar-refractivity contribution is -0.113. The van der Waals surface area contributed by atoms with Gasteiger partial charge in [0.15, 0.2) is 5.78 Å². The minimum atomic E-state index is 0.137. The molecular formula is C12H18O. The summed E-state index contributed by atoms with van der Waals surface area (Å²) in [6.07, 6.45) is 7.55. The highest BCUT2D eigenvalue weighted by Crippen LogP contribution is 2.14. The molecule has 0 aromatic heterocycles. The number of ketones is 1. The fourth-order valence-electron chi connectivity index (χ4n) is 1.13. The summed E-state index contributed by atoms with van der Waals surface area (Å²) < 4.78 is 0. The highest BCUT2D eigenvalue weighted by Gasteiger charge is 2.03. The molecule has 0 aromatic carbocycles. The van der Waals surface area contributed by atoms with Crippen molar-refractivity contribution in [2.24, 2.45) is 5.92 Å². The Morgan fingerprint density at radius 3 is 2.00 bits per heavy atom. The summed E-state index contributed by atoms with van der Waals surface area (Å²) in [5.41, 5.74) is 0.828. The molecule has 0 bridgehead atoms. The lowest BCUT2D eigenvalue weighted by Crippen LogP contribution is -1.98. The first-order chi connectivity index (χ1) is 6.11. The van der Waals surface area contributed by atoms with Gasteiger partial charge in [0, 0.05) is 0 Å². The summed E-state index contributed by atoms with van der Waals surface area (Å²) in [5.74, 6) is 0.511. The third-order valence-corrected chi connectivity index (χ3v) is 1.98. The van der Waals surface area contributed by atoms with Gasteiger partial charge in [-0.05, 0) is 38.2 Å². The van der Waals surface area contributed by atoms with Crippen LogP contribution in [-0.4, -0.2) is 5.78 Å². The highest BCUT2D eigenvalue weighted by molar-refractivity contribution is 5.92. The smallest absolute Gasteiger partial charge is 0.155 e. The van der Waals surface area contributed by atoms with Gasteiger partial charge in [-0.3, -0.25) is 4.79 Å². The molecule has 0 aliphatic heterocycles. The largest absolute Gasteiger partial charge is 0.295 e. The predicted molar refractivity (Wildman–Crippen MR) is 57.6 cm³/mol. The second kappa shape index (κ2) is 6.41. The SMILES string of the molecule is C=CCC(/C=C(\C)C(C)=O)CC=C. The van der Waals surface area contributed by atoms with Crippen LogP contribution in [0.5, 0.6) is 0 Å². The Balaban J connectivity index is 4.36. The standard InChI is InChI=1S/C12H18O/c1-5-7-12(8-6-2)9-10(3)11(4)13/h5-6,9,12H,1-2,7-8H2,3-4H3/b10-9+. The number of hydrogen-bond acceptors (Lipinski definition) is 1. The zero-order chi connectivity index (χ0) is 10.3. The van der Waals surface area contributed by atoms with Gasteiger partial charge in [-0.15, -0.1) is 13.2 Å². The van der Waals surface area contributed by atoms with Crippen molar-refractivity contribution >= 4 is 5.78 Å². The molecule has 0 radical (unpaired) electrons. The Morgan fingerprint density at radius 2 is 1.69 bits per heavy atom. The fraction of sp³-hybridized carbons (Fsp3) is 0.417. The summed E-state index contributed by atoms with van der Waals surface area (Å²) >= 11 is 0. The van der Waals surface area contributed by atoms with E-state index in [1.54, 1.807) is 6.92 Å². The Morgan fingerprint density at radius 1 is 1.23 bits per heavy atom. The van der Waals surface area contributed by atoms with E-state index in [-0.39, 0.29) is 5.78 Å². The molecule has 1 heteroatoms. The summed E-state index contributed by atoms with van der Waals surface area (Å²) in [6, 6.07) is 0. The van der Waals surface area contributed by atoms with Gasteiger partial charge >= 0.3 is 0 Å². The van der Waals surface area contributed by atoms with E-state index in [2.05, 4.69) is 13.2 Å². The van der Waals surface area contributed by atoms with E-state index < -0.39 is 0 Å². The molecule has 0 fully saturated rings. The monoisotopic (exact) mass is 178 g/mol. The third-order valence-electron chi connectivity index (χ3n) is 1.98. The van der Waals surface area contributed by atoms with Crippen molar-refractivity contribution in [1.29, 1.82) is 0 Å². The van der Waals surface area contributed by atoms with Gasteiger partial charge in [0.2, 0.25) is 0 Å². The Hall–Kier alpha value is -1.11. The minimum absolute atomic E-state index is 0.137. The first-order valence-electron chi connectivity index (χ1n) is 4.53. The summed E-state index contributed by atoms with van der Waals surface area (Å²) in [4.78, 5) is 11.0. The number of carbonyl (C=O) groups is 1. The third kappa shape index (κ3) is 5.18. The molecule has 13 heavy (non-hydrogen) atoms. The second-order valence-corrected chi connectivity index (χ2v) is 3.21. The molecule has 1 nitrogen and oxygen atoms in total. The second-order valence-electron chi connectivity index (χ2n) is 3.21. The molecule has 0 aliphatic rings. The molecule has 0 spiro atoms. The van der Waals surface area contributed by atoms with E-state index in [0.717, 1.165) is 18.4 Å². The normalized spacial score (nSPS) is 11.5. The molecule has 0 saturated carbocycles. The molecule has 0 rings (SSSR count). The van der Waals surface area contributed by atoms with E-state index in [4.69, 9.17) is 0 Å². The topological polar surface area (TPSA) is 17.1 Å². The van der Waals surface area contributed by atoms with Gasteiger partial charge in [-0.2, -0.15) is 0 Å². The summed E-state index contributed by atoms with van der Waals surface area (Å²) in [5, 5.41) is 0. The molecule has 0 saturated heterocycles. The van der Waals surface area contributed by atoms with Gasteiger partial charge in [0.05, 0.1) is 0 Å². The molecule has 72 valence electrons. The van der Waals surface area contributed by atoms with Gasteiger partial charge in [0.1, 0.15) is 0 Å². The maximum absolute atomic E-state index is 11.0. The van der Waals surface area contributed by atoms with Gasteiger partial charge in [-0.1, -0.05) is 18.2 Å². The Kier molecular flexibility index (Phi) is 5.86. The summed E-state index contributed by atoms with van der Waals surface area (Å²) in [6.45, 7) is 10.8. The van der Waals surface area contributed by atoms with Crippen LogP contribution >= 0.6 is 0 Å². The van der Waals surface area contributed by atoms with E-state index in [9.17, 15) is 4.79 Å². The van der Waals surface area contributed by atoms with Crippen molar-refractivity contribution in [3.8, 4) is 0 Å². The van der Waals surface area contributed by atoms with Crippen LogP contribution < -0.4 is 0 Å². The predicted octanol–water partition coefficient (Wildman–Crippen LogP) is 3.29. The van der Waals surface area contributed by atoms with E-state index in [1.807, 2.05) is 25.2 Å². The molecule has 0 heterocycles. The number of hydrogen-bond donors (Lipinski definition) is 0. The first-order valence-corrected chi connectivity index (χ1v) is 4.53. The van der Waals surface area contributed by atoms with Crippen molar-refractivity contribution in [2.45, 2.75) is 26.7 Å². The molecule has 0 aromatic rings. The minimum Gasteiger partial charge on any atom is -0.295 e. The summed E-state index contributed by atoms with van der Waals surface area (Å²) in [7, 11) is 0. The van der Waals surface area contributed by atoms with Crippen molar-refractivity contribution < 1.29 is 4.79 Å². The average Bonchev–Trinajstić information content (AvgIpc) is 2.05. The molecule has 0 unspecified atom stereocenters. The molecule has 0 amide bonds. The van der Waals surface area contributed by atoms with Crippen LogP contribution in [0.4, 0.5) is 0 Å². The zero-order valence-electron chi connectivity index (χ0n) is 8.55. The van der Waals surface area contributed by atoms with Crippen LogP contribution in [0.15, 0.2) is 37.0 Å². The van der Waals surface area contributed by atoms with Crippen molar-refractivity contribution in [2.75, 3.05) is 0 Å². The average molecular weight is 178 g/mol. The quantitative estimate of drug-likeness (QED) is 0.450. The van der Waals surface area contributed by atoms with Crippen LogP contribution in [0.3, 0.4) is 0 Å². The number of carbonyl (C=O) groups excluding carboxylic acids is 1. The lowest BCUT2D eigenvalue weighted by atomic mass is 9.97. The van der Waals surface area contributed by atoms with Crippen molar-refractivity contribution in [3.05, 3.63) is 37.0 Å². The molecule has 0 N–H and O–H groups in total. The molecular weight excluding hydrogens is 160 g/mol.